The molecule has 0 spiro atoms. The Morgan fingerprint density at radius 3 is 2.60 bits per heavy atom. The molecule has 0 saturated carbocycles. The molecule has 1 unspecified atom stereocenters. The predicted octanol–water partition coefficient (Wildman–Crippen LogP) is 5.30. The zero-order chi connectivity index (χ0) is 14.5. The highest BCUT2D eigenvalue weighted by molar-refractivity contribution is 9.10. The summed E-state index contributed by atoms with van der Waals surface area (Å²) in [6.07, 6.45) is 0.971. The van der Waals surface area contributed by atoms with Crippen molar-refractivity contribution in [1.82, 2.24) is 5.32 Å². The number of hydrogen-bond donors (Lipinski definition) is 1. The van der Waals surface area contributed by atoms with Crippen molar-refractivity contribution < 1.29 is 0 Å². The SMILES string of the molecule is CCNC(Cc1ccccc1C)c1ccc(Br)c(Cl)c1. The maximum absolute atomic E-state index is 6.22. The Kier molecular flexibility index (Phi) is 5.64. The van der Waals surface area contributed by atoms with Gasteiger partial charge in [-0.2, -0.15) is 0 Å². The second-order valence-corrected chi connectivity index (χ2v) is 6.18. The fourth-order valence-corrected chi connectivity index (χ4v) is 2.78. The first-order chi connectivity index (χ1) is 9.61. The summed E-state index contributed by atoms with van der Waals surface area (Å²) in [5, 5.41) is 4.31. The Bertz CT molecular complexity index is 583. The first-order valence-electron chi connectivity index (χ1n) is 6.84. The van der Waals surface area contributed by atoms with Crippen LogP contribution in [0.1, 0.15) is 29.7 Å². The Balaban J connectivity index is 2.27. The third kappa shape index (κ3) is 3.85. The van der Waals surface area contributed by atoms with Gasteiger partial charge in [0.25, 0.3) is 0 Å². The van der Waals surface area contributed by atoms with Crippen LogP contribution in [0.2, 0.25) is 5.02 Å². The van der Waals surface area contributed by atoms with E-state index in [1.54, 1.807) is 0 Å². The molecular weight excluding hydrogens is 334 g/mol. The van der Waals surface area contributed by atoms with Crippen LogP contribution in [-0.4, -0.2) is 6.54 Å². The van der Waals surface area contributed by atoms with Crippen LogP contribution in [0.15, 0.2) is 46.9 Å². The molecular formula is C17H19BrClN. The van der Waals surface area contributed by atoms with Gasteiger partial charge in [0, 0.05) is 10.5 Å². The van der Waals surface area contributed by atoms with Gasteiger partial charge in [-0.15, -0.1) is 0 Å². The molecule has 1 atom stereocenters. The van der Waals surface area contributed by atoms with E-state index in [-0.39, 0.29) is 6.04 Å². The summed E-state index contributed by atoms with van der Waals surface area (Å²) in [4.78, 5) is 0. The van der Waals surface area contributed by atoms with Gasteiger partial charge in [0.05, 0.1) is 5.02 Å². The van der Waals surface area contributed by atoms with E-state index in [1.165, 1.54) is 16.7 Å². The third-order valence-corrected chi connectivity index (χ3v) is 4.71. The second-order valence-electron chi connectivity index (χ2n) is 4.91. The van der Waals surface area contributed by atoms with Gasteiger partial charge in [-0.1, -0.05) is 48.9 Å². The van der Waals surface area contributed by atoms with Gasteiger partial charge in [0.1, 0.15) is 0 Å². The summed E-state index contributed by atoms with van der Waals surface area (Å²) in [5.41, 5.74) is 3.93. The van der Waals surface area contributed by atoms with Gasteiger partial charge in [0.15, 0.2) is 0 Å². The van der Waals surface area contributed by atoms with Crippen molar-refractivity contribution in [1.29, 1.82) is 0 Å². The van der Waals surface area contributed by atoms with Crippen molar-refractivity contribution in [2.24, 2.45) is 0 Å². The monoisotopic (exact) mass is 351 g/mol. The van der Waals surface area contributed by atoms with Crippen molar-refractivity contribution >= 4 is 27.5 Å². The highest BCUT2D eigenvalue weighted by Gasteiger charge is 2.13. The standard InChI is InChI=1S/C17H19BrClN/c1-3-20-17(11-13-7-5-4-6-12(13)2)14-8-9-15(18)16(19)10-14/h4-10,17,20H,3,11H2,1-2H3. The first kappa shape index (κ1) is 15.6. The summed E-state index contributed by atoms with van der Waals surface area (Å²) in [6.45, 7) is 5.22. The van der Waals surface area contributed by atoms with Crippen LogP contribution in [0.5, 0.6) is 0 Å². The number of benzene rings is 2. The van der Waals surface area contributed by atoms with E-state index in [1.807, 2.05) is 12.1 Å². The maximum atomic E-state index is 6.22. The molecule has 0 saturated heterocycles. The van der Waals surface area contributed by atoms with Gasteiger partial charge < -0.3 is 5.32 Å². The predicted molar refractivity (Wildman–Crippen MR) is 90.5 cm³/mol. The minimum atomic E-state index is 0.284. The lowest BCUT2D eigenvalue weighted by molar-refractivity contribution is 0.549. The lowest BCUT2D eigenvalue weighted by Gasteiger charge is -2.20. The lowest BCUT2D eigenvalue weighted by Crippen LogP contribution is -2.23. The summed E-state index contributed by atoms with van der Waals surface area (Å²) < 4.78 is 0.939. The largest absolute Gasteiger partial charge is 0.310 e. The zero-order valence-corrected chi connectivity index (χ0v) is 14.1. The molecule has 2 aromatic carbocycles. The number of hydrogen-bond acceptors (Lipinski definition) is 1. The van der Waals surface area contributed by atoms with E-state index in [0.717, 1.165) is 22.5 Å². The normalized spacial score (nSPS) is 12.4. The molecule has 0 bridgehead atoms. The molecule has 20 heavy (non-hydrogen) atoms. The lowest BCUT2D eigenvalue weighted by atomic mass is 9.96. The van der Waals surface area contributed by atoms with Crippen molar-refractivity contribution in [3.63, 3.8) is 0 Å². The average molecular weight is 353 g/mol. The van der Waals surface area contributed by atoms with Crippen molar-refractivity contribution in [2.75, 3.05) is 6.54 Å². The number of rotatable bonds is 5. The number of halogens is 2. The second kappa shape index (κ2) is 7.26. The van der Waals surface area contributed by atoms with Crippen LogP contribution in [0.25, 0.3) is 0 Å². The summed E-state index contributed by atoms with van der Waals surface area (Å²) >= 11 is 9.66. The number of aryl methyl sites for hydroxylation is 1. The summed E-state index contributed by atoms with van der Waals surface area (Å²) in [6, 6.07) is 15.0. The van der Waals surface area contributed by atoms with Crippen LogP contribution >= 0.6 is 27.5 Å². The van der Waals surface area contributed by atoms with E-state index in [9.17, 15) is 0 Å². The molecule has 3 heteroatoms. The minimum Gasteiger partial charge on any atom is -0.310 e. The molecule has 0 aromatic heterocycles. The van der Waals surface area contributed by atoms with E-state index in [2.05, 4.69) is 65.4 Å². The summed E-state index contributed by atoms with van der Waals surface area (Å²) in [7, 11) is 0. The van der Waals surface area contributed by atoms with E-state index in [0.29, 0.717) is 0 Å². The van der Waals surface area contributed by atoms with Crippen LogP contribution in [-0.2, 0) is 6.42 Å². The van der Waals surface area contributed by atoms with E-state index < -0.39 is 0 Å². The fraction of sp³-hybridized carbons (Fsp3) is 0.294. The molecule has 0 aliphatic heterocycles. The van der Waals surface area contributed by atoms with Gasteiger partial charge >= 0.3 is 0 Å². The van der Waals surface area contributed by atoms with Gasteiger partial charge in [-0.3, -0.25) is 0 Å². The minimum absolute atomic E-state index is 0.284. The Morgan fingerprint density at radius 2 is 1.95 bits per heavy atom. The quantitative estimate of drug-likeness (QED) is 0.769. The Hall–Kier alpha value is -0.830. The smallest absolute Gasteiger partial charge is 0.0551 e. The molecule has 0 aliphatic carbocycles. The van der Waals surface area contributed by atoms with Crippen LogP contribution in [0.3, 0.4) is 0 Å². The van der Waals surface area contributed by atoms with Gasteiger partial charge in [0.2, 0.25) is 0 Å². The molecule has 1 N–H and O–H groups in total. The molecule has 0 amide bonds. The molecule has 2 rings (SSSR count). The molecule has 0 heterocycles. The topological polar surface area (TPSA) is 12.0 Å². The summed E-state index contributed by atoms with van der Waals surface area (Å²) in [5.74, 6) is 0. The van der Waals surface area contributed by atoms with Crippen LogP contribution < -0.4 is 5.32 Å². The van der Waals surface area contributed by atoms with Crippen molar-refractivity contribution in [3.05, 3.63) is 68.7 Å². The molecule has 0 radical (unpaired) electrons. The van der Waals surface area contributed by atoms with Gasteiger partial charge in [-0.05, 0) is 64.6 Å². The van der Waals surface area contributed by atoms with Crippen LogP contribution in [0.4, 0.5) is 0 Å². The average Bonchev–Trinajstić information content (AvgIpc) is 2.44. The first-order valence-corrected chi connectivity index (χ1v) is 8.01. The van der Waals surface area contributed by atoms with Crippen LogP contribution in [0, 0.1) is 6.92 Å². The number of likely N-dealkylation sites (N-methyl/N-ethyl adjacent to an activating group) is 1. The molecule has 106 valence electrons. The van der Waals surface area contributed by atoms with E-state index in [4.69, 9.17) is 11.6 Å². The van der Waals surface area contributed by atoms with Crippen molar-refractivity contribution in [2.45, 2.75) is 26.3 Å². The third-order valence-electron chi connectivity index (χ3n) is 3.48. The molecule has 0 aliphatic rings. The molecule has 2 aromatic rings. The fourth-order valence-electron chi connectivity index (χ4n) is 2.34. The van der Waals surface area contributed by atoms with Gasteiger partial charge in [-0.25, -0.2) is 0 Å². The highest BCUT2D eigenvalue weighted by atomic mass is 79.9. The molecule has 0 fully saturated rings. The Labute approximate surface area is 134 Å². The number of nitrogens with one attached hydrogen (secondary N) is 1. The Morgan fingerprint density at radius 1 is 1.20 bits per heavy atom. The highest BCUT2D eigenvalue weighted by Crippen LogP contribution is 2.28. The zero-order valence-electron chi connectivity index (χ0n) is 11.8. The van der Waals surface area contributed by atoms with E-state index >= 15 is 0 Å². The maximum Gasteiger partial charge on any atom is 0.0551 e. The molecule has 1 nitrogen and oxygen atoms in total. The van der Waals surface area contributed by atoms with Crippen molar-refractivity contribution in [3.8, 4) is 0 Å².